The van der Waals surface area contributed by atoms with E-state index in [1.807, 2.05) is 0 Å². The van der Waals surface area contributed by atoms with Crippen molar-refractivity contribution in [2.75, 3.05) is 6.61 Å². The van der Waals surface area contributed by atoms with Gasteiger partial charge in [0.2, 0.25) is 0 Å². The topological polar surface area (TPSA) is 23.2 Å². The highest BCUT2D eigenvalue weighted by atomic mass is 16.3. The Balaban J connectivity index is 2.03. The van der Waals surface area contributed by atoms with Crippen molar-refractivity contribution in [1.82, 2.24) is 4.90 Å². The summed E-state index contributed by atoms with van der Waals surface area (Å²) in [5, 5.41) is 9.91. The molecule has 126 valence electrons. The number of aliphatic hydroxyl groups excluding tert-OH is 1. The van der Waals surface area contributed by atoms with E-state index in [0.717, 1.165) is 0 Å². The Morgan fingerprint density at radius 1 is 0.720 bits per heavy atom. The minimum Gasteiger partial charge on any atom is -0.395 e. The molecule has 4 rings (SSSR count). The van der Waals surface area contributed by atoms with Crippen LogP contribution in [0.15, 0.2) is 91.0 Å². The molecule has 1 saturated heterocycles. The van der Waals surface area contributed by atoms with E-state index in [1.54, 1.807) is 0 Å². The van der Waals surface area contributed by atoms with Gasteiger partial charge in [0.1, 0.15) is 0 Å². The summed E-state index contributed by atoms with van der Waals surface area (Å²) in [5.74, 6) is 0. The smallest absolute Gasteiger partial charge is 0.0979 e. The van der Waals surface area contributed by atoms with Gasteiger partial charge in [0.25, 0.3) is 0 Å². The van der Waals surface area contributed by atoms with Crippen LogP contribution in [-0.2, 0) is 5.54 Å². The molecule has 0 spiro atoms. The van der Waals surface area contributed by atoms with Crippen LogP contribution in [0, 0.1) is 0 Å². The van der Waals surface area contributed by atoms with E-state index in [9.17, 15) is 5.11 Å². The number of hydrogen-bond donors (Lipinski definition) is 1. The van der Waals surface area contributed by atoms with E-state index < -0.39 is 5.54 Å². The van der Waals surface area contributed by atoms with Gasteiger partial charge in [0.15, 0.2) is 0 Å². The molecular weight excluding hydrogens is 306 g/mol. The van der Waals surface area contributed by atoms with Crippen molar-refractivity contribution in [3.8, 4) is 0 Å². The molecule has 0 bridgehead atoms. The van der Waals surface area contributed by atoms with Gasteiger partial charge in [-0.25, -0.2) is 0 Å². The first-order chi connectivity index (χ1) is 12.3. The molecular formula is C23H23NO. The summed E-state index contributed by atoms with van der Waals surface area (Å²) in [6.45, 7) is 2.37. The first-order valence-electron chi connectivity index (χ1n) is 8.86. The van der Waals surface area contributed by atoms with Crippen LogP contribution in [-0.4, -0.2) is 28.7 Å². The van der Waals surface area contributed by atoms with Crippen LogP contribution in [0.1, 0.15) is 23.6 Å². The first kappa shape index (κ1) is 16.1. The zero-order valence-corrected chi connectivity index (χ0v) is 14.4. The van der Waals surface area contributed by atoms with Gasteiger partial charge in [-0.05, 0) is 23.6 Å². The van der Waals surface area contributed by atoms with Crippen molar-refractivity contribution in [3.63, 3.8) is 0 Å². The second kappa shape index (κ2) is 6.47. The molecule has 1 fully saturated rings. The second-order valence-corrected chi connectivity index (χ2v) is 6.71. The molecule has 1 N–H and O–H groups in total. The van der Waals surface area contributed by atoms with Crippen molar-refractivity contribution < 1.29 is 5.11 Å². The number of nitrogens with zero attached hydrogens (tertiary/aromatic N) is 1. The summed E-state index contributed by atoms with van der Waals surface area (Å²) in [6, 6.07) is 32.4. The first-order valence-corrected chi connectivity index (χ1v) is 8.86. The van der Waals surface area contributed by atoms with Crippen LogP contribution in [0.4, 0.5) is 0 Å². The van der Waals surface area contributed by atoms with E-state index in [0.29, 0.717) is 6.04 Å². The molecule has 0 radical (unpaired) electrons. The Kier molecular flexibility index (Phi) is 4.16. The van der Waals surface area contributed by atoms with Gasteiger partial charge in [-0.2, -0.15) is 0 Å². The molecule has 3 atom stereocenters. The monoisotopic (exact) mass is 329 g/mol. The summed E-state index contributed by atoms with van der Waals surface area (Å²) in [4.78, 5) is 2.44. The van der Waals surface area contributed by atoms with Gasteiger partial charge in [-0.1, -0.05) is 91.0 Å². The maximum Gasteiger partial charge on any atom is 0.0979 e. The van der Waals surface area contributed by atoms with Crippen molar-refractivity contribution in [2.45, 2.75) is 24.5 Å². The molecule has 1 aliphatic heterocycles. The Bertz CT molecular complexity index is 720. The predicted molar refractivity (Wildman–Crippen MR) is 101 cm³/mol. The molecule has 0 saturated carbocycles. The van der Waals surface area contributed by atoms with Gasteiger partial charge in [-0.3, -0.25) is 4.90 Å². The third-order valence-electron chi connectivity index (χ3n) is 5.41. The summed E-state index contributed by atoms with van der Waals surface area (Å²) in [5.41, 5.74) is 3.30. The highest BCUT2D eigenvalue weighted by Gasteiger charge is 2.57. The molecule has 1 aliphatic rings. The van der Waals surface area contributed by atoms with Crippen molar-refractivity contribution in [1.29, 1.82) is 0 Å². The van der Waals surface area contributed by atoms with Crippen LogP contribution in [0.2, 0.25) is 0 Å². The summed E-state index contributed by atoms with van der Waals surface area (Å²) in [6.07, 6.45) is 0. The lowest BCUT2D eigenvalue weighted by atomic mass is 9.76. The lowest BCUT2D eigenvalue weighted by Crippen LogP contribution is -2.40. The van der Waals surface area contributed by atoms with Gasteiger partial charge in [0.05, 0.1) is 12.1 Å². The number of aliphatic hydroxyl groups is 1. The molecule has 0 amide bonds. The van der Waals surface area contributed by atoms with Crippen LogP contribution < -0.4 is 0 Å². The minimum absolute atomic E-state index is 0.167. The third-order valence-corrected chi connectivity index (χ3v) is 5.41. The second-order valence-electron chi connectivity index (χ2n) is 6.71. The maximum atomic E-state index is 9.91. The van der Waals surface area contributed by atoms with Crippen LogP contribution in [0.5, 0.6) is 0 Å². The van der Waals surface area contributed by atoms with Gasteiger partial charge in [-0.15, -0.1) is 0 Å². The molecule has 0 aromatic heterocycles. The molecule has 1 unspecified atom stereocenters. The van der Waals surface area contributed by atoms with Crippen LogP contribution >= 0.6 is 0 Å². The van der Waals surface area contributed by atoms with E-state index >= 15 is 0 Å². The summed E-state index contributed by atoms with van der Waals surface area (Å²) >= 11 is 0. The fraction of sp³-hybridized carbons (Fsp3) is 0.217. The Hall–Kier alpha value is -2.42. The van der Waals surface area contributed by atoms with E-state index in [1.165, 1.54) is 16.7 Å². The third kappa shape index (κ3) is 2.50. The normalized spacial score (nSPS) is 22.6. The zero-order chi connectivity index (χ0) is 17.3. The highest BCUT2D eigenvalue weighted by Crippen LogP contribution is 2.51. The Morgan fingerprint density at radius 2 is 1.08 bits per heavy atom. The van der Waals surface area contributed by atoms with E-state index in [2.05, 4.69) is 103 Å². The van der Waals surface area contributed by atoms with Crippen molar-refractivity contribution in [2.24, 2.45) is 0 Å². The molecule has 1 heterocycles. The fourth-order valence-electron chi connectivity index (χ4n) is 4.19. The number of rotatable bonds is 5. The minimum atomic E-state index is -0.392. The van der Waals surface area contributed by atoms with E-state index in [-0.39, 0.29) is 12.6 Å². The number of benzene rings is 3. The molecule has 3 aromatic rings. The van der Waals surface area contributed by atoms with Crippen molar-refractivity contribution in [3.05, 3.63) is 108 Å². The van der Waals surface area contributed by atoms with Gasteiger partial charge >= 0.3 is 0 Å². The largest absolute Gasteiger partial charge is 0.395 e. The molecule has 2 nitrogen and oxygen atoms in total. The van der Waals surface area contributed by atoms with E-state index in [4.69, 9.17) is 0 Å². The lowest BCUT2D eigenvalue weighted by molar-refractivity contribution is 0.235. The van der Waals surface area contributed by atoms with Crippen LogP contribution in [0.25, 0.3) is 0 Å². The summed E-state index contributed by atoms with van der Waals surface area (Å²) in [7, 11) is 0. The zero-order valence-electron chi connectivity index (χ0n) is 14.4. The fourth-order valence-corrected chi connectivity index (χ4v) is 4.19. The Labute approximate surface area is 149 Å². The summed E-state index contributed by atoms with van der Waals surface area (Å²) < 4.78 is 0. The quantitative estimate of drug-likeness (QED) is 0.564. The molecule has 3 aromatic carbocycles. The highest BCUT2D eigenvalue weighted by molar-refractivity contribution is 5.51. The predicted octanol–water partition coefficient (Wildman–Crippen LogP) is 4.04. The van der Waals surface area contributed by atoms with Crippen LogP contribution in [0.3, 0.4) is 0 Å². The standard InChI is InChI=1S/C23H23NO/c1-18-22(17-25)24(18)23(19-11-5-2-6-12-19,20-13-7-3-8-14-20)21-15-9-4-10-16-21/h2-16,18,22,25H,17H2,1H3/t18-,22+,24?/m0/s1. The average Bonchev–Trinajstić information content (AvgIpc) is 3.35. The lowest BCUT2D eigenvalue weighted by Gasteiger charge is -2.38. The van der Waals surface area contributed by atoms with Gasteiger partial charge < -0.3 is 5.11 Å². The SMILES string of the molecule is C[C@H]1[C@@H](CO)N1C(c1ccccc1)(c1ccccc1)c1ccccc1. The number of hydrogen-bond acceptors (Lipinski definition) is 2. The van der Waals surface area contributed by atoms with Gasteiger partial charge in [0, 0.05) is 12.1 Å². The maximum absolute atomic E-state index is 9.91. The average molecular weight is 329 g/mol. The molecule has 2 heteroatoms. The molecule has 25 heavy (non-hydrogen) atoms. The van der Waals surface area contributed by atoms with Crippen molar-refractivity contribution >= 4 is 0 Å². The Morgan fingerprint density at radius 3 is 1.36 bits per heavy atom. The molecule has 0 aliphatic carbocycles.